The predicted molar refractivity (Wildman–Crippen MR) is 95.8 cm³/mol. The molecule has 0 radical (unpaired) electrons. The third kappa shape index (κ3) is 5.27. The predicted octanol–water partition coefficient (Wildman–Crippen LogP) is 1.20. The Bertz CT molecular complexity index is 678. The summed E-state index contributed by atoms with van der Waals surface area (Å²) in [6.07, 6.45) is 0.549. The Hall–Kier alpha value is -1.94. The van der Waals surface area contributed by atoms with Crippen molar-refractivity contribution in [2.24, 2.45) is 0 Å². The fraction of sp³-hybridized carbons (Fsp3) is 0.467. The topological polar surface area (TPSA) is 101 Å². The van der Waals surface area contributed by atoms with E-state index in [4.69, 9.17) is 21.4 Å². The molecule has 1 aromatic rings. The van der Waals surface area contributed by atoms with Gasteiger partial charge in [-0.25, -0.2) is 0 Å². The van der Waals surface area contributed by atoms with Gasteiger partial charge in [-0.3, -0.25) is 19.7 Å². The van der Waals surface area contributed by atoms with Crippen molar-refractivity contribution in [2.75, 3.05) is 19.7 Å². The van der Waals surface area contributed by atoms with Gasteiger partial charge in [-0.15, -0.1) is 0 Å². The highest BCUT2D eigenvalue weighted by Crippen LogP contribution is 2.15. The number of ether oxygens (including phenoxy) is 1. The van der Waals surface area contributed by atoms with Crippen LogP contribution in [-0.2, 0) is 14.3 Å². The lowest BCUT2D eigenvalue weighted by Gasteiger charge is -2.36. The number of piperazine rings is 1. The second-order valence-electron chi connectivity index (χ2n) is 5.29. The molecular formula is C15H18BrN3O5S. The Morgan fingerprint density at radius 3 is 2.92 bits per heavy atom. The number of hydrogen-bond donors (Lipinski definition) is 2. The van der Waals surface area contributed by atoms with Gasteiger partial charge < -0.3 is 19.4 Å². The number of carbonyl (C=O) groups is 3. The highest BCUT2D eigenvalue weighted by atomic mass is 79.9. The van der Waals surface area contributed by atoms with Crippen molar-refractivity contribution in [1.82, 2.24) is 15.5 Å². The van der Waals surface area contributed by atoms with Crippen LogP contribution in [0, 0.1) is 0 Å². The number of hydrogen-bond acceptors (Lipinski definition) is 6. The zero-order valence-electron chi connectivity index (χ0n) is 13.5. The maximum absolute atomic E-state index is 12.1. The van der Waals surface area contributed by atoms with Gasteiger partial charge in [0.05, 0.1) is 13.0 Å². The first-order valence-corrected chi connectivity index (χ1v) is 8.93. The van der Waals surface area contributed by atoms with E-state index in [0.717, 1.165) is 0 Å². The van der Waals surface area contributed by atoms with E-state index < -0.39 is 17.9 Å². The summed E-state index contributed by atoms with van der Waals surface area (Å²) in [6, 6.07) is 2.25. The number of rotatable bonds is 5. The fourth-order valence-corrected chi connectivity index (χ4v) is 2.88. The van der Waals surface area contributed by atoms with E-state index in [1.807, 2.05) is 6.92 Å². The molecular weight excluding hydrogens is 414 g/mol. The van der Waals surface area contributed by atoms with Crippen molar-refractivity contribution in [1.29, 1.82) is 0 Å². The molecule has 25 heavy (non-hydrogen) atoms. The van der Waals surface area contributed by atoms with Gasteiger partial charge in [0.1, 0.15) is 6.04 Å². The highest BCUT2D eigenvalue weighted by molar-refractivity contribution is 9.10. The standard InChI is InChI=1S/C15H18BrN3O5S/c1-2-7-23-12(20)8-9-13(21)17-5-6-19(9)15(25)18-14(22)10-3-4-11(16)24-10/h3-4,9H,2,5-8H2,1H3,(H,17,21)(H,18,22,25). The minimum absolute atomic E-state index is 0.0562. The van der Waals surface area contributed by atoms with E-state index in [9.17, 15) is 14.4 Å². The summed E-state index contributed by atoms with van der Waals surface area (Å²) >= 11 is 8.35. The first kappa shape index (κ1) is 19.4. The molecule has 2 heterocycles. The molecule has 2 amide bonds. The summed E-state index contributed by atoms with van der Waals surface area (Å²) in [7, 11) is 0. The summed E-state index contributed by atoms with van der Waals surface area (Å²) in [5.41, 5.74) is 0. The molecule has 1 atom stereocenters. The van der Waals surface area contributed by atoms with Crippen molar-refractivity contribution in [3.05, 3.63) is 22.6 Å². The zero-order valence-corrected chi connectivity index (χ0v) is 15.9. The van der Waals surface area contributed by atoms with Gasteiger partial charge in [0.25, 0.3) is 5.91 Å². The molecule has 1 aliphatic heterocycles. The Morgan fingerprint density at radius 2 is 2.28 bits per heavy atom. The fourth-order valence-electron chi connectivity index (χ4n) is 2.26. The zero-order chi connectivity index (χ0) is 18.4. The number of amides is 2. The monoisotopic (exact) mass is 431 g/mol. The van der Waals surface area contributed by atoms with Crippen LogP contribution in [0.25, 0.3) is 0 Å². The van der Waals surface area contributed by atoms with Crippen LogP contribution in [0.3, 0.4) is 0 Å². The number of nitrogens with one attached hydrogen (secondary N) is 2. The lowest BCUT2D eigenvalue weighted by molar-refractivity contribution is -0.147. The van der Waals surface area contributed by atoms with Crippen molar-refractivity contribution in [3.63, 3.8) is 0 Å². The Balaban J connectivity index is 2.02. The first-order chi connectivity index (χ1) is 11.9. The molecule has 0 spiro atoms. The number of carbonyl (C=O) groups excluding carboxylic acids is 3. The van der Waals surface area contributed by atoms with Crippen LogP contribution in [0.4, 0.5) is 0 Å². The molecule has 0 aromatic carbocycles. The van der Waals surface area contributed by atoms with Gasteiger partial charge in [-0.1, -0.05) is 6.92 Å². The van der Waals surface area contributed by atoms with Crippen molar-refractivity contribution in [2.45, 2.75) is 25.8 Å². The molecule has 0 aliphatic carbocycles. The van der Waals surface area contributed by atoms with E-state index in [1.54, 1.807) is 6.07 Å². The van der Waals surface area contributed by atoms with Crippen molar-refractivity contribution >= 4 is 51.0 Å². The molecule has 0 saturated carbocycles. The number of halogens is 1. The van der Waals surface area contributed by atoms with Crippen LogP contribution in [0.1, 0.15) is 30.3 Å². The van der Waals surface area contributed by atoms with Crippen LogP contribution in [0.2, 0.25) is 0 Å². The van der Waals surface area contributed by atoms with Crippen LogP contribution in [0.15, 0.2) is 21.2 Å². The Labute approximate surface area is 158 Å². The van der Waals surface area contributed by atoms with Crippen LogP contribution >= 0.6 is 28.1 Å². The minimum atomic E-state index is -0.825. The lowest BCUT2D eigenvalue weighted by atomic mass is 10.1. The minimum Gasteiger partial charge on any atom is -0.466 e. The molecule has 2 rings (SSSR count). The highest BCUT2D eigenvalue weighted by Gasteiger charge is 2.34. The number of thiocarbonyl (C=S) groups is 1. The molecule has 1 aromatic heterocycles. The average Bonchev–Trinajstić information content (AvgIpc) is 3.01. The summed E-state index contributed by atoms with van der Waals surface area (Å²) in [5, 5.41) is 5.26. The van der Waals surface area contributed by atoms with Gasteiger partial charge in [-0.2, -0.15) is 0 Å². The summed E-state index contributed by atoms with van der Waals surface area (Å²) in [4.78, 5) is 37.6. The number of nitrogens with zero attached hydrogens (tertiary/aromatic N) is 1. The quantitative estimate of drug-likeness (QED) is 0.533. The van der Waals surface area contributed by atoms with E-state index in [1.165, 1.54) is 11.0 Å². The van der Waals surface area contributed by atoms with Crippen molar-refractivity contribution in [3.8, 4) is 0 Å². The number of esters is 1. The van der Waals surface area contributed by atoms with Crippen LogP contribution < -0.4 is 10.6 Å². The maximum Gasteiger partial charge on any atom is 0.308 e. The normalized spacial score (nSPS) is 17.0. The number of furan rings is 1. The van der Waals surface area contributed by atoms with Crippen LogP contribution in [-0.4, -0.2) is 53.5 Å². The third-order valence-electron chi connectivity index (χ3n) is 3.44. The van der Waals surface area contributed by atoms with Crippen LogP contribution in [0.5, 0.6) is 0 Å². The molecule has 1 saturated heterocycles. The van der Waals surface area contributed by atoms with Gasteiger partial charge >= 0.3 is 5.97 Å². The summed E-state index contributed by atoms with van der Waals surface area (Å²) < 4.78 is 10.6. The molecule has 1 unspecified atom stereocenters. The molecule has 0 bridgehead atoms. The molecule has 10 heteroatoms. The molecule has 8 nitrogen and oxygen atoms in total. The molecule has 1 fully saturated rings. The maximum atomic E-state index is 12.1. The SMILES string of the molecule is CCCOC(=O)CC1C(=O)NCCN1C(=S)NC(=O)c1ccc(Br)o1. The van der Waals surface area contributed by atoms with Gasteiger partial charge in [0.2, 0.25) is 5.91 Å². The molecule has 136 valence electrons. The Morgan fingerprint density at radius 1 is 1.52 bits per heavy atom. The average molecular weight is 432 g/mol. The molecule has 1 aliphatic rings. The summed E-state index contributed by atoms with van der Waals surface area (Å²) in [6.45, 7) is 2.91. The first-order valence-electron chi connectivity index (χ1n) is 7.73. The van der Waals surface area contributed by atoms with Gasteiger partial charge in [-0.05, 0) is 46.7 Å². The Kier molecular flexibility index (Phi) is 6.94. The molecule has 2 N–H and O–H groups in total. The van der Waals surface area contributed by atoms with Gasteiger partial charge in [0.15, 0.2) is 15.5 Å². The van der Waals surface area contributed by atoms with E-state index in [2.05, 4.69) is 26.6 Å². The van der Waals surface area contributed by atoms with Gasteiger partial charge in [0, 0.05) is 13.1 Å². The van der Waals surface area contributed by atoms with E-state index >= 15 is 0 Å². The van der Waals surface area contributed by atoms with E-state index in [-0.39, 0.29) is 23.2 Å². The summed E-state index contributed by atoms with van der Waals surface area (Å²) in [5.74, 6) is -1.28. The second kappa shape index (κ2) is 8.95. The second-order valence-corrected chi connectivity index (χ2v) is 6.46. The smallest absolute Gasteiger partial charge is 0.308 e. The lowest BCUT2D eigenvalue weighted by Crippen LogP contribution is -2.60. The van der Waals surface area contributed by atoms with E-state index in [0.29, 0.717) is 30.8 Å². The largest absolute Gasteiger partial charge is 0.466 e. The van der Waals surface area contributed by atoms with Crippen molar-refractivity contribution < 1.29 is 23.5 Å². The third-order valence-corrected chi connectivity index (χ3v) is 4.20.